The van der Waals surface area contributed by atoms with Crippen molar-refractivity contribution < 1.29 is 14.2 Å². The van der Waals surface area contributed by atoms with Gasteiger partial charge in [0.2, 0.25) is 0 Å². The van der Waals surface area contributed by atoms with Crippen LogP contribution in [0, 0.1) is 0 Å². The molecule has 142 valence electrons. The van der Waals surface area contributed by atoms with E-state index in [1.165, 1.54) is 0 Å². The van der Waals surface area contributed by atoms with Gasteiger partial charge in [0.1, 0.15) is 17.4 Å². The lowest BCUT2D eigenvalue weighted by Gasteiger charge is -2.22. The zero-order valence-electron chi connectivity index (χ0n) is 16.3. The lowest BCUT2D eigenvalue weighted by molar-refractivity contribution is 0.264. The average molecular weight is 360 g/mol. The molecule has 3 rings (SSSR count). The van der Waals surface area contributed by atoms with Crippen molar-refractivity contribution in [3.63, 3.8) is 0 Å². The number of aromatic nitrogens is 3. The van der Waals surface area contributed by atoms with E-state index in [2.05, 4.69) is 33.5 Å². The lowest BCUT2D eigenvalue weighted by Crippen LogP contribution is -2.27. The Kier molecular flexibility index (Phi) is 5.66. The maximum Gasteiger partial charge on any atom is 0.164 e. The molecule has 0 aliphatic carbocycles. The Morgan fingerprint density at radius 3 is 2.27 bits per heavy atom. The van der Waals surface area contributed by atoms with Gasteiger partial charge in [-0.2, -0.15) is 0 Å². The van der Waals surface area contributed by atoms with Gasteiger partial charge in [-0.05, 0) is 6.07 Å². The molecular weight excluding hydrogens is 332 g/mol. The average Bonchev–Trinajstić information content (AvgIpc) is 2.96. The summed E-state index contributed by atoms with van der Waals surface area (Å²) in [6.07, 6.45) is 0.898. The minimum absolute atomic E-state index is 0.383. The van der Waals surface area contributed by atoms with Crippen LogP contribution in [0.15, 0.2) is 12.1 Å². The smallest absolute Gasteiger partial charge is 0.164 e. The van der Waals surface area contributed by atoms with Crippen LogP contribution in [0.2, 0.25) is 0 Å². The molecule has 1 aromatic carbocycles. The van der Waals surface area contributed by atoms with E-state index in [1.807, 2.05) is 12.1 Å². The lowest BCUT2D eigenvalue weighted by atomic mass is 10.1. The minimum atomic E-state index is 0.383. The van der Waals surface area contributed by atoms with E-state index in [-0.39, 0.29) is 0 Å². The number of benzene rings is 1. The number of ether oxygens (including phenoxy) is 3. The highest BCUT2D eigenvalue weighted by atomic mass is 16.5. The second-order valence-electron chi connectivity index (χ2n) is 6.83. The molecule has 2 aromatic rings. The normalized spacial score (nSPS) is 14.8. The third-order valence-corrected chi connectivity index (χ3v) is 4.84. The maximum absolute atomic E-state index is 5.57. The van der Waals surface area contributed by atoms with Crippen molar-refractivity contribution in [3.8, 4) is 17.2 Å². The highest BCUT2D eigenvalue weighted by Gasteiger charge is 2.21. The molecule has 0 atom stereocenters. The Bertz CT molecular complexity index is 757. The van der Waals surface area contributed by atoms with Crippen molar-refractivity contribution >= 4 is 0 Å². The van der Waals surface area contributed by atoms with Gasteiger partial charge in [-0.3, -0.25) is 4.90 Å². The molecule has 0 N–H and O–H groups in total. The van der Waals surface area contributed by atoms with Gasteiger partial charge >= 0.3 is 0 Å². The number of hydrogen-bond acceptors (Lipinski definition) is 6. The van der Waals surface area contributed by atoms with Gasteiger partial charge in [0, 0.05) is 50.1 Å². The summed E-state index contributed by atoms with van der Waals surface area (Å²) < 4.78 is 18.7. The largest absolute Gasteiger partial charge is 0.496 e. The first-order valence-electron chi connectivity index (χ1n) is 9.00. The number of hydrogen-bond donors (Lipinski definition) is 0. The Hall–Kier alpha value is -2.28. The summed E-state index contributed by atoms with van der Waals surface area (Å²) in [5.41, 5.74) is 1.09. The molecule has 0 amide bonds. The van der Waals surface area contributed by atoms with Crippen LogP contribution < -0.4 is 14.2 Å². The molecule has 7 nitrogen and oxygen atoms in total. The third kappa shape index (κ3) is 3.62. The standard InChI is InChI=1S/C19H28N4O3/c1-13(2)19-21-20-18-6-7-22(8-9-23(18)19)12-14-10-16(25-4)17(26-5)11-15(14)24-3/h10-11,13H,6-9,12H2,1-5H3. The quantitative estimate of drug-likeness (QED) is 0.789. The molecule has 0 unspecified atom stereocenters. The second-order valence-corrected chi connectivity index (χ2v) is 6.83. The summed E-state index contributed by atoms with van der Waals surface area (Å²) in [5, 5.41) is 8.75. The number of nitrogens with zero attached hydrogens (tertiary/aromatic N) is 4. The summed E-state index contributed by atoms with van der Waals surface area (Å²) in [6.45, 7) is 7.91. The number of fused-ring (bicyclic) bond motifs is 1. The molecule has 0 bridgehead atoms. The second kappa shape index (κ2) is 7.95. The summed E-state index contributed by atoms with van der Waals surface area (Å²) in [5.74, 6) is 4.75. The highest BCUT2D eigenvalue weighted by molar-refractivity contribution is 5.50. The van der Waals surface area contributed by atoms with E-state index in [0.29, 0.717) is 11.7 Å². The first-order valence-corrected chi connectivity index (χ1v) is 9.00. The topological polar surface area (TPSA) is 61.6 Å². The summed E-state index contributed by atoms with van der Waals surface area (Å²) >= 11 is 0. The molecule has 1 aliphatic heterocycles. The Balaban J connectivity index is 1.78. The molecule has 26 heavy (non-hydrogen) atoms. The summed E-state index contributed by atoms with van der Waals surface area (Å²) in [4.78, 5) is 2.42. The zero-order chi connectivity index (χ0) is 18.7. The van der Waals surface area contributed by atoms with Gasteiger partial charge in [0.15, 0.2) is 11.5 Å². The predicted octanol–water partition coefficient (Wildman–Crippen LogP) is 2.49. The van der Waals surface area contributed by atoms with Crippen molar-refractivity contribution in [2.24, 2.45) is 0 Å². The molecule has 2 heterocycles. The van der Waals surface area contributed by atoms with Crippen LogP contribution in [0.4, 0.5) is 0 Å². The molecular formula is C19H28N4O3. The van der Waals surface area contributed by atoms with E-state index < -0.39 is 0 Å². The van der Waals surface area contributed by atoms with Crippen molar-refractivity contribution in [1.82, 2.24) is 19.7 Å². The fourth-order valence-electron chi connectivity index (χ4n) is 3.43. The van der Waals surface area contributed by atoms with Crippen LogP contribution in [0.25, 0.3) is 0 Å². The van der Waals surface area contributed by atoms with Crippen LogP contribution in [0.3, 0.4) is 0 Å². The molecule has 7 heteroatoms. The van der Waals surface area contributed by atoms with Gasteiger partial charge < -0.3 is 18.8 Å². The Morgan fingerprint density at radius 1 is 0.923 bits per heavy atom. The van der Waals surface area contributed by atoms with Gasteiger partial charge in [-0.25, -0.2) is 0 Å². The number of rotatable bonds is 6. The molecule has 0 fully saturated rings. The van der Waals surface area contributed by atoms with Crippen LogP contribution in [0.1, 0.15) is 37.0 Å². The monoisotopic (exact) mass is 360 g/mol. The van der Waals surface area contributed by atoms with Crippen molar-refractivity contribution in [3.05, 3.63) is 29.3 Å². The molecule has 0 radical (unpaired) electrons. The number of methoxy groups -OCH3 is 3. The van der Waals surface area contributed by atoms with Crippen LogP contribution in [0.5, 0.6) is 17.2 Å². The van der Waals surface area contributed by atoms with Crippen molar-refractivity contribution in [2.75, 3.05) is 34.4 Å². The van der Waals surface area contributed by atoms with E-state index in [1.54, 1.807) is 21.3 Å². The highest BCUT2D eigenvalue weighted by Crippen LogP contribution is 2.35. The Morgan fingerprint density at radius 2 is 1.62 bits per heavy atom. The summed E-state index contributed by atoms with van der Waals surface area (Å²) in [7, 11) is 4.97. The predicted molar refractivity (Wildman–Crippen MR) is 99.2 cm³/mol. The van der Waals surface area contributed by atoms with Crippen LogP contribution in [-0.2, 0) is 19.5 Å². The van der Waals surface area contributed by atoms with Crippen molar-refractivity contribution in [1.29, 1.82) is 0 Å². The van der Waals surface area contributed by atoms with Gasteiger partial charge in [-0.15, -0.1) is 10.2 Å². The van der Waals surface area contributed by atoms with Crippen molar-refractivity contribution in [2.45, 2.75) is 39.3 Å². The van der Waals surface area contributed by atoms with Gasteiger partial charge in [-0.1, -0.05) is 13.8 Å². The molecule has 0 saturated carbocycles. The minimum Gasteiger partial charge on any atom is -0.496 e. The first kappa shape index (κ1) is 18.5. The van der Waals surface area contributed by atoms with Gasteiger partial charge in [0.25, 0.3) is 0 Å². The van der Waals surface area contributed by atoms with Crippen LogP contribution in [-0.4, -0.2) is 54.1 Å². The maximum atomic E-state index is 5.57. The fourth-order valence-corrected chi connectivity index (χ4v) is 3.43. The third-order valence-electron chi connectivity index (χ3n) is 4.84. The zero-order valence-corrected chi connectivity index (χ0v) is 16.3. The molecule has 1 aromatic heterocycles. The molecule has 1 aliphatic rings. The fraction of sp³-hybridized carbons (Fsp3) is 0.579. The van der Waals surface area contributed by atoms with E-state index in [9.17, 15) is 0 Å². The van der Waals surface area contributed by atoms with E-state index >= 15 is 0 Å². The molecule has 0 saturated heterocycles. The van der Waals surface area contributed by atoms with E-state index in [0.717, 1.165) is 61.3 Å². The molecule has 0 spiro atoms. The van der Waals surface area contributed by atoms with E-state index in [4.69, 9.17) is 14.2 Å². The first-order chi connectivity index (χ1) is 12.6. The SMILES string of the molecule is COc1cc(OC)c(OC)cc1CN1CCc2nnc(C(C)C)n2CC1. The summed E-state index contributed by atoms with van der Waals surface area (Å²) in [6, 6.07) is 3.89. The Labute approximate surface area is 154 Å². The van der Waals surface area contributed by atoms with Gasteiger partial charge in [0.05, 0.1) is 21.3 Å². The van der Waals surface area contributed by atoms with Crippen LogP contribution >= 0.6 is 0 Å².